The zero-order valence-electron chi connectivity index (χ0n) is 11.9. The molecule has 0 saturated carbocycles. The van der Waals surface area contributed by atoms with Crippen molar-refractivity contribution in [3.63, 3.8) is 0 Å². The van der Waals surface area contributed by atoms with Gasteiger partial charge in [0, 0.05) is 5.69 Å². The van der Waals surface area contributed by atoms with E-state index >= 15 is 0 Å². The highest BCUT2D eigenvalue weighted by atomic mass is 16.4. The number of carbonyl (C=O) groups excluding carboxylic acids is 2. The standard InChI is InChI=1S/C16H13N3O4/c20-14(18-13-8-4-7-12(9-13)16(22)23)15(21)19-17-10-11-5-2-1-3-6-11/h1-10H,(H,18,20)(H,19,21)(H,22,23). The van der Waals surface area contributed by atoms with E-state index < -0.39 is 17.8 Å². The van der Waals surface area contributed by atoms with Crippen LogP contribution in [-0.4, -0.2) is 29.1 Å². The minimum absolute atomic E-state index is 0.00491. The van der Waals surface area contributed by atoms with E-state index in [1.54, 1.807) is 12.1 Å². The molecule has 0 saturated heterocycles. The lowest BCUT2D eigenvalue weighted by atomic mass is 10.2. The highest BCUT2D eigenvalue weighted by molar-refractivity contribution is 6.39. The Morgan fingerprint density at radius 2 is 1.70 bits per heavy atom. The van der Waals surface area contributed by atoms with Crippen molar-refractivity contribution in [2.45, 2.75) is 0 Å². The number of hydrogen-bond acceptors (Lipinski definition) is 4. The fraction of sp³-hybridized carbons (Fsp3) is 0. The summed E-state index contributed by atoms with van der Waals surface area (Å²) in [6.07, 6.45) is 1.40. The number of benzene rings is 2. The maximum Gasteiger partial charge on any atom is 0.335 e. The van der Waals surface area contributed by atoms with Crippen LogP contribution < -0.4 is 10.7 Å². The van der Waals surface area contributed by atoms with Gasteiger partial charge in [0.1, 0.15) is 0 Å². The summed E-state index contributed by atoms with van der Waals surface area (Å²) < 4.78 is 0. The molecule has 0 heterocycles. The number of rotatable bonds is 4. The first kappa shape index (κ1) is 15.9. The first-order valence-electron chi connectivity index (χ1n) is 6.59. The molecule has 2 aromatic rings. The minimum Gasteiger partial charge on any atom is -0.478 e. The average Bonchev–Trinajstić information content (AvgIpc) is 2.56. The van der Waals surface area contributed by atoms with Crippen molar-refractivity contribution in [3.05, 3.63) is 65.7 Å². The molecule has 0 unspecified atom stereocenters. The maximum atomic E-state index is 11.7. The molecule has 0 aromatic heterocycles. The van der Waals surface area contributed by atoms with Gasteiger partial charge >= 0.3 is 17.8 Å². The van der Waals surface area contributed by atoms with Gasteiger partial charge in [0.25, 0.3) is 0 Å². The first-order valence-corrected chi connectivity index (χ1v) is 6.59. The van der Waals surface area contributed by atoms with Gasteiger partial charge in [0.15, 0.2) is 0 Å². The number of amides is 2. The van der Waals surface area contributed by atoms with Crippen molar-refractivity contribution < 1.29 is 19.5 Å². The van der Waals surface area contributed by atoms with Crippen LogP contribution in [0.15, 0.2) is 59.7 Å². The number of aromatic carboxylic acids is 1. The quantitative estimate of drug-likeness (QED) is 0.451. The van der Waals surface area contributed by atoms with Gasteiger partial charge in [-0.3, -0.25) is 9.59 Å². The van der Waals surface area contributed by atoms with Crippen molar-refractivity contribution in [1.29, 1.82) is 0 Å². The van der Waals surface area contributed by atoms with Gasteiger partial charge in [0.2, 0.25) is 0 Å². The van der Waals surface area contributed by atoms with E-state index in [0.717, 1.165) is 5.56 Å². The van der Waals surface area contributed by atoms with Gasteiger partial charge in [-0.2, -0.15) is 5.10 Å². The number of carbonyl (C=O) groups is 3. The van der Waals surface area contributed by atoms with Crippen molar-refractivity contribution in [2.24, 2.45) is 5.10 Å². The predicted octanol–water partition coefficient (Wildman–Crippen LogP) is 1.47. The van der Waals surface area contributed by atoms with Gasteiger partial charge < -0.3 is 10.4 Å². The Kier molecular flexibility index (Phi) is 5.19. The third-order valence-electron chi connectivity index (χ3n) is 2.75. The Labute approximate surface area is 131 Å². The summed E-state index contributed by atoms with van der Waals surface area (Å²) in [5.41, 5.74) is 3.07. The fourth-order valence-corrected chi connectivity index (χ4v) is 1.67. The van der Waals surface area contributed by atoms with Crippen LogP contribution in [0.25, 0.3) is 0 Å². The number of carboxylic acids is 1. The third-order valence-corrected chi connectivity index (χ3v) is 2.75. The maximum absolute atomic E-state index is 11.7. The summed E-state index contributed by atoms with van der Waals surface area (Å²) in [5, 5.41) is 14.8. The molecule has 23 heavy (non-hydrogen) atoms. The molecule has 0 bridgehead atoms. The molecule has 3 N–H and O–H groups in total. The average molecular weight is 311 g/mol. The second-order valence-corrected chi connectivity index (χ2v) is 4.45. The van der Waals surface area contributed by atoms with Gasteiger partial charge in [-0.25, -0.2) is 10.2 Å². The van der Waals surface area contributed by atoms with Crippen molar-refractivity contribution in [1.82, 2.24) is 5.43 Å². The number of anilines is 1. The molecule has 0 spiro atoms. The van der Waals surface area contributed by atoms with Crippen molar-refractivity contribution >= 4 is 29.7 Å². The van der Waals surface area contributed by atoms with E-state index in [0.29, 0.717) is 0 Å². The molecule has 7 nitrogen and oxygen atoms in total. The number of nitrogens with one attached hydrogen (secondary N) is 2. The highest BCUT2D eigenvalue weighted by Gasteiger charge is 2.13. The molecular formula is C16H13N3O4. The molecule has 0 aliphatic carbocycles. The third kappa shape index (κ3) is 4.78. The number of hydrogen-bond donors (Lipinski definition) is 3. The highest BCUT2D eigenvalue weighted by Crippen LogP contribution is 2.10. The van der Waals surface area contributed by atoms with E-state index in [-0.39, 0.29) is 11.3 Å². The fourth-order valence-electron chi connectivity index (χ4n) is 1.67. The summed E-state index contributed by atoms with van der Waals surface area (Å²) >= 11 is 0. The topological polar surface area (TPSA) is 108 Å². The minimum atomic E-state index is -1.13. The van der Waals surface area contributed by atoms with E-state index in [4.69, 9.17) is 5.11 Å². The molecule has 116 valence electrons. The first-order chi connectivity index (χ1) is 11.1. The smallest absolute Gasteiger partial charge is 0.335 e. The molecule has 0 atom stereocenters. The molecule has 0 fully saturated rings. The van der Waals surface area contributed by atoms with E-state index in [1.165, 1.54) is 30.5 Å². The summed E-state index contributed by atoms with van der Waals surface area (Å²) in [7, 11) is 0. The number of hydrazone groups is 1. The molecule has 7 heteroatoms. The van der Waals surface area contributed by atoms with E-state index in [1.807, 2.05) is 18.2 Å². The lowest BCUT2D eigenvalue weighted by Crippen LogP contribution is -2.32. The Hall–Kier alpha value is -3.48. The van der Waals surface area contributed by atoms with E-state index in [2.05, 4.69) is 15.8 Å². The molecule has 0 aliphatic rings. The van der Waals surface area contributed by atoms with Crippen LogP contribution in [0.3, 0.4) is 0 Å². The number of carboxylic acid groups (broad SMARTS) is 1. The Balaban J connectivity index is 1.93. The molecule has 0 radical (unpaired) electrons. The summed E-state index contributed by atoms with van der Waals surface area (Å²) in [6.45, 7) is 0. The zero-order valence-corrected chi connectivity index (χ0v) is 11.9. The molecular weight excluding hydrogens is 298 g/mol. The molecule has 2 amide bonds. The second kappa shape index (κ2) is 7.51. The summed E-state index contributed by atoms with van der Waals surface area (Å²) in [4.78, 5) is 34.1. The zero-order chi connectivity index (χ0) is 16.7. The molecule has 0 aliphatic heterocycles. The monoisotopic (exact) mass is 311 g/mol. The van der Waals surface area contributed by atoms with Gasteiger partial charge in [-0.1, -0.05) is 36.4 Å². The van der Waals surface area contributed by atoms with Crippen LogP contribution >= 0.6 is 0 Å². The Morgan fingerprint density at radius 3 is 2.39 bits per heavy atom. The predicted molar refractivity (Wildman–Crippen MR) is 84.2 cm³/mol. The van der Waals surface area contributed by atoms with E-state index in [9.17, 15) is 14.4 Å². The number of nitrogens with zero attached hydrogens (tertiary/aromatic N) is 1. The van der Waals surface area contributed by atoms with Gasteiger partial charge in [-0.15, -0.1) is 0 Å². The van der Waals surface area contributed by atoms with Gasteiger partial charge in [-0.05, 0) is 23.8 Å². The SMILES string of the molecule is O=C(NN=Cc1ccccc1)C(=O)Nc1cccc(C(=O)O)c1. The second-order valence-electron chi connectivity index (χ2n) is 4.45. The molecule has 2 rings (SSSR count). The van der Waals surface area contributed by atoms with Crippen LogP contribution in [0.2, 0.25) is 0 Å². The van der Waals surface area contributed by atoms with Crippen molar-refractivity contribution in [2.75, 3.05) is 5.32 Å². The van der Waals surface area contributed by atoms with Crippen LogP contribution in [-0.2, 0) is 9.59 Å². The Bertz CT molecular complexity index is 757. The van der Waals surface area contributed by atoms with Crippen LogP contribution in [0.5, 0.6) is 0 Å². The largest absolute Gasteiger partial charge is 0.478 e. The normalized spacial score (nSPS) is 10.3. The van der Waals surface area contributed by atoms with Crippen molar-refractivity contribution in [3.8, 4) is 0 Å². The lowest BCUT2D eigenvalue weighted by Gasteiger charge is -2.04. The van der Waals surface area contributed by atoms with Gasteiger partial charge in [0.05, 0.1) is 11.8 Å². The summed E-state index contributed by atoms with van der Waals surface area (Å²) in [6, 6.07) is 14.6. The van der Waals surface area contributed by atoms with Crippen LogP contribution in [0, 0.1) is 0 Å². The lowest BCUT2D eigenvalue weighted by molar-refractivity contribution is -0.136. The Morgan fingerprint density at radius 1 is 0.957 bits per heavy atom. The summed E-state index contributed by atoms with van der Waals surface area (Å²) in [5.74, 6) is -3.03. The van der Waals surface area contributed by atoms with Crippen LogP contribution in [0.1, 0.15) is 15.9 Å². The molecule has 2 aromatic carbocycles. The van der Waals surface area contributed by atoms with Crippen LogP contribution in [0.4, 0.5) is 5.69 Å².